The summed E-state index contributed by atoms with van der Waals surface area (Å²) in [5, 5.41) is 0.767. The number of carbonyl (C=O) groups is 1. The fourth-order valence-corrected chi connectivity index (χ4v) is 2.36. The lowest BCUT2D eigenvalue weighted by atomic mass is 10.0. The van der Waals surface area contributed by atoms with E-state index in [9.17, 15) is 4.79 Å². The van der Waals surface area contributed by atoms with E-state index in [0.29, 0.717) is 17.9 Å². The summed E-state index contributed by atoms with van der Waals surface area (Å²) in [7, 11) is 0. The van der Waals surface area contributed by atoms with E-state index in [1.807, 2.05) is 36.4 Å². The molecule has 4 heteroatoms. The average Bonchev–Trinajstić information content (AvgIpc) is 2.61. The van der Waals surface area contributed by atoms with Crippen LogP contribution in [0.5, 0.6) is 5.75 Å². The van der Waals surface area contributed by atoms with E-state index in [0.717, 1.165) is 29.5 Å². The number of hydrogen-bond acceptors (Lipinski definition) is 4. The van der Waals surface area contributed by atoms with E-state index in [4.69, 9.17) is 4.74 Å². The Bertz CT molecular complexity index is 808. The predicted molar refractivity (Wildman–Crippen MR) is 89.8 cm³/mol. The standard InChI is InChI=1S/C19H18N2O2/c1-2-3-12-23-15-10-8-14(9-11-15)19(22)18-16-6-4-5-7-17(16)20-13-21-18/h4-11,13H,2-3,12H2,1H3. The van der Waals surface area contributed by atoms with Crippen molar-refractivity contribution in [1.29, 1.82) is 0 Å². The Morgan fingerprint density at radius 3 is 2.61 bits per heavy atom. The summed E-state index contributed by atoms with van der Waals surface area (Å²) in [5.41, 5.74) is 1.79. The monoisotopic (exact) mass is 306 g/mol. The molecular formula is C19H18N2O2. The van der Waals surface area contributed by atoms with Crippen LogP contribution in [0.3, 0.4) is 0 Å². The van der Waals surface area contributed by atoms with Crippen molar-refractivity contribution in [2.45, 2.75) is 19.8 Å². The zero-order valence-corrected chi connectivity index (χ0v) is 13.0. The highest BCUT2D eigenvalue weighted by molar-refractivity contribution is 6.14. The Kier molecular flexibility index (Phi) is 4.62. The summed E-state index contributed by atoms with van der Waals surface area (Å²) in [4.78, 5) is 21.1. The number of benzene rings is 2. The SMILES string of the molecule is CCCCOc1ccc(C(=O)c2ncnc3ccccc23)cc1. The molecule has 0 saturated carbocycles. The zero-order chi connectivity index (χ0) is 16.1. The van der Waals surface area contributed by atoms with Crippen LogP contribution in [-0.4, -0.2) is 22.4 Å². The molecule has 0 radical (unpaired) electrons. The van der Waals surface area contributed by atoms with Gasteiger partial charge in [-0.05, 0) is 36.8 Å². The first kappa shape index (κ1) is 15.2. The van der Waals surface area contributed by atoms with Crippen LogP contribution in [0.4, 0.5) is 0 Å². The lowest BCUT2D eigenvalue weighted by Gasteiger charge is -2.07. The number of fused-ring (bicyclic) bond motifs is 1. The fourth-order valence-electron chi connectivity index (χ4n) is 2.36. The van der Waals surface area contributed by atoms with Crippen LogP contribution in [0.1, 0.15) is 35.8 Å². The number of aromatic nitrogens is 2. The van der Waals surface area contributed by atoms with Gasteiger partial charge in [0.1, 0.15) is 17.8 Å². The van der Waals surface area contributed by atoms with Crippen LogP contribution in [0.2, 0.25) is 0 Å². The van der Waals surface area contributed by atoms with Crippen molar-refractivity contribution < 1.29 is 9.53 Å². The van der Waals surface area contributed by atoms with Crippen LogP contribution in [-0.2, 0) is 0 Å². The summed E-state index contributed by atoms with van der Waals surface area (Å²) in [6.45, 7) is 2.82. The van der Waals surface area contributed by atoms with E-state index in [1.165, 1.54) is 6.33 Å². The topological polar surface area (TPSA) is 52.1 Å². The van der Waals surface area contributed by atoms with E-state index < -0.39 is 0 Å². The Balaban J connectivity index is 1.85. The van der Waals surface area contributed by atoms with E-state index >= 15 is 0 Å². The van der Waals surface area contributed by atoms with Crippen molar-refractivity contribution in [2.75, 3.05) is 6.61 Å². The largest absolute Gasteiger partial charge is 0.494 e. The summed E-state index contributed by atoms with van der Waals surface area (Å²) < 4.78 is 5.62. The normalized spacial score (nSPS) is 10.7. The number of hydrogen-bond donors (Lipinski definition) is 0. The second-order valence-electron chi connectivity index (χ2n) is 5.29. The summed E-state index contributed by atoms with van der Waals surface area (Å²) in [6, 6.07) is 14.7. The molecule has 0 aliphatic heterocycles. The average molecular weight is 306 g/mol. The molecule has 0 saturated heterocycles. The van der Waals surface area contributed by atoms with Gasteiger partial charge in [0.25, 0.3) is 0 Å². The number of ketones is 1. The molecule has 0 aliphatic carbocycles. The maximum atomic E-state index is 12.7. The molecule has 0 atom stereocenters. The van der Waals surface area contributed by atoms with Gasteiger partial charge in [0.15, 0.2) is 0 Å². The van der Waals surface area contributed by atoms with E-state index in [-0.39, 0.29) is 5.78 Å². The van der Waals surface area contributed by atoms with Crippen LogP contribution in [0.25, 0.3) is 10.9 Å². The summed E-state index contributed by atoms with van der Waals surface area (Å²) >= 11 is 0. The molecular weight excluding hydrogens is 288 g/mol. The van der Waals surface area contributed by atoms with Gasteiger partial charge in [-0.15, -0.1) is 0 Å². The number of para-hydroxylation sites is 1. The maximum absolute atomic E-state index is 12.7. The highest BCUT2D eigenvalue weighted by Crippen LogP contribution is 2.19. The van der Waals surface area contributed by atoms with Gasteiger partial charge in [-0.2, -0.15) is 0 Å². The highest BCUT2D eigenvalue weighted by atomic mass is 16.5. The third kappa shape index (κ3) is 3.37. The first-order valence-electron chi connectivity index (χ1n) is 7.77. The molecule has 4 nitrogen and oxygen atoms in total. The second kappa shape index (κ2) is 7.01. The fraction of sp³-hybridized carbons (Fsp3) is 0.211. The molecule has 3 aromatic rings. The van der Waals surface area contributed by atoms with Gasteiger partial charge in [-0.1, -0.05) is 31.5 Å². The molecule has 1 aromatic heterocycles. The minimum absolute atomic E-state index is 0.108. The molecule has 0 amide bonds. The smallest absolute Gasteiger partial charge is 0.212 e. The number of carbonyl (C=O) groups excluding carboxylic acids is 1. The molecule has 0 N–H and O–H groups in total. The van der Waals surface area contributed by atoms with Crippen LogP contribution in [0.15, 0.2) is 54.9 Å². The number of ether oxygens (including phenoxy) is 1. The first-order chi connectivity index (χ1) is 11.3. The van der Waals surface area contributed by atoms with Gasteiger partial charge in [0, 0.05) is 10.9 Å². The highest BCUT2D eigenvalue weighted by Gasteiger charge is 2.14. The molecule has 0 fully saturated rings. The Morgan fingerprint density at radius 1 is 1.04 bits per heavy atom. The third-order valence-electron chi connectivity index (χ3n) is 3.64. The van der Waals surface area contributed by atoms with Gasteiger partial charge in [0.2, 0.25) is 5.78 Å². The molecule has 0 spiro atoms. The van der Waals surface area contributed by atoms with Gasteiger partial charge >= 0.3 is 0 Å². The van der Waals surface area contributed by atoms with Crippen molar-refractivity contribution in [1.82, 2.24) is 9.97 Å². The van der Waals surface area contributed by atoms with Crippen molar-refractivity contribution >= 4 is 16.7 Å². The first-order valence-corrected chi connectivity index (χ1v) is 7.77. The summed E-state index contributed by atoms with van der Waals surface area (Å²) in [5.74, 6) is 0.672. The van der Waals surface area contributed by atoms with Gasteiger partial charge < -0.3 is 4.74 Å². The lowest BCUT2D eigenvalue weighted by Crippen LogP contribution is -2.06. The summed E-state index contributed by atoms with van der Waals surface area (Å²) in [6.07, 6.45) is 3.54. The second-order valence-corrected chi connectivity index (χ2v) is 5.29. The number of rotatable bonds is 6. The molecule has 0 unspecified atom stereocenters. The zero-order valence-electron chi connectivity index (χ0n) is 13.0. The molecule has 2 aromatic carbocycles. The number of unbranched alkanes of at least 4 members (excludes halogenated alkanes) is 1. The molecule has 23 heavy (non-hydrogen) atoms. The quantitative estimate of drug-likeness (QED) is 0.509. The molecule has 0 aliphatic rings. The Morgan fingerprint density at radius 2 is 1.83 bits per heavy atom. The molecule has 3 rings (SSSR count). The van der Waals surface area contributed by atoms with Crippen molar-refractivity contribution in [3.63, 3.8) is 0 Å². The minimum atomic E-state index is -0.108. The predicted octanol–water partition coefficient (Wildman–Crippen LogP) is 4.04. The van der Waals surface area contributed by atoms with Crippen LogP contribution >= 0.6 is 0 Å². The third-order valence-corrected chi connectivity index (χ3v) is 3.64. The molecule has 0 bridgehead atoms. The number of nitrogens with zero attached hydrogens (tertiary/aromatic N) is 2. The van der Waals surface area contributed by atoms with Gasteiger partial charge in [-0.25, -0.2) is 9.97 Å². The Labute approximate surface area is 135 Å². The van der Waals surface area contributed by atoms with Crippen LogP contribution < -0.4 is 4.74 Å². The van der Waals surface area contributed by atoms with Crippen molar-refractivity contribution in [3.8, 4) is 5.75 Å². The van der Waals surface area contributed by atoms with E-state index in [1.54, 1.807) is 12.1 Å². The molecule has 116 valence electrons. The maximum Gasteiger partial charge on any atom is 0.212 e. The lowest BCUT2D eigenvalue weighted by molar-refractivity contribution is 0.103. The minimum Gasteiger partial charge on any atom is -0.494 e. The van der Waals surface area contributed by atoms with Crippen molar-refractivity contribution in [2.24, 2.45) is 0 Å². The van der Waals surface area contributed by atoms with E-state index in [2.05, 4.69) is 16.9 Å². The van der Waals surface area contributed by atoms with Gasteiger partial charge in [-0.3, -0.25) is 4.79 Å². The van der Waals surface area contributed by atoms with Gasteiger partial charge in [0.05, 0.1) is 12.1 Å². The molecule has 1 heterocycles. The van der Waals surface area contributed by atoms with Crippen molar-refractivity contribution in [3.05, 3.63) is 66.1 Å². The Hall–Kier alpha value is -2.75. The van der Waals surface area contributed by atoms with Crippen LogP contribution in [0, 0.1) is 0 Å².